The van der Waals surface area contributed by atoms with Gasteiger partial charge in [0.15, 0.2) is 0 Å². The molecule has 1 heterocycles. The summed E-state index contributed by atoms with van der Waals surface area (Å²) in [5.41, 5.74) is 0. The Morgan fingerprint density at radius 2 is 1.26 bits per heavy atom. The summed E-state index contributed by atoms with van der Waals surface area (Å²) in [5.74, 6) is 0. The molecule has 0 aromatic rings. The van der Waals surface area contributed by atoms with Crippen molar-refractivity contribution in [2.45, 2.75) is 78.6 Å². The van der Waals surface area contributed by atoms with E-state index in [0.717, 1.165) is 0 Å². The van der Waals surface area contributed by atoms with Gasteiger partial charge in [0.2, 0.25) is 0 Å². The van der Waals surface area contributed by atoms with E-state index in [0.29, 0.717) is 0 Å². The third-order valence-electron chi connectivity index (χ3n) is 3.57. The normalized spacial score (nSPS) is 16.4. The highest BCUT2D eigenvalue weighted by Gasteiger charge is 2.14. The largest absolute Gasteiger partial charge is 0.292 e. The van der Waals surface area contributed by atoms with Gasteiger partial charge in [0.25, 0.3) is 0 Å². The average Bonchev–Trinajstić information content (AvgIpc) is 2.79. The van der Waals surface area contributed by atoms with Crippen molar-refractivity contribution in [1.29, 1.82) is 0 Å². The van der Waals surface area contributed by atoms with Gasteiger partial charge in [-0.1, -0.05) is 72.1 Å². The van der Waals surface area contributed by atoms with E-state index < -0.39 is 0 Å². The van der Waals surface area contributed by atoms with Crippen molar-refractivity contribution in [3.8, 4) is 0 Å². The number of rotatable bonds is 9. The number of likely N-dealkylation sites (N-methyl/N-ethyl adjacent to an activating group) is 1. The lowest BCUT2D eigenvalue weighted by molar-refractivity contribution is 0.269. The minimum absolute atomic E-state index is 1.19. The molecule has 0 aromatic carbocycles. The fourth-order valence-corrected chi connectivity index (χ4v) is 2.45. The number of nitrogens with zero attached hydrogens (tertiary/aromatic N) is 2. The molecule has 0 amide bonds. The molecular formula is C17H38N2. The fraction of sp³-hybridized carbons (Fsp3) is 1.00. The molecule has 116 valence electrons. The molecule has 1 fully saturated rings. The lowest BCUT2D eigenvalue weighted by Gasteiger charge is -2.14. The molecule has 1 aliphatic rings. The zero-order chi connectivity index (χ0) is 14.3. The number of unbranched alkanes of at least 4 members (excludes halogenated alkanes) is 7. The first kappa shape index (κ1) is 18.9. The van der Waals surface area contributed by atoms with Gasteiger partial charge in [-0.3, -0.25) is 9.80 Å². The topological polar surface area (TPSA) is 6.48 Å². The van der Waals surface area contributed by atoms with Crippen LogP contribution in [0.15, 0.2) is 0 Å². The second-order valence-electron chi connectivity index (χ2n) is 6.02. The molecular weight excluding hydrogens is 232 g/mol. The summed E-state index contributed by atoms with van der Waals surface area (Å²) in [6.45, 7) is 11.6. The maximum absolute atomic E-state index is 2.58. The van der Waals surface area contributed by atoms with E-state index in [1.165, 1.54) is 84.1 Å². The van der Waals surface area contributed by atoms with E-state index in [-0.39, 0.29) is 0 Å². The highest BCUT2D eigenvalue weighted by molar-refractivity contribution is 4.67. The van der Waals surface area contributed by atoms with E-state index >= 15 is 0 Å². The maximum atomic E-state index is 2.58. The Kier molecular flexibility index (Phi) is 14.3. The van der Waals surface area contributed by atoms with Crippen LogP contribution >= 0.6 is 0 Å². The molecule has 1 rings (SSSR count). The van der Waals surface area contributed by atoms with Crippen LogP contribution in [0.4, 0.5) is 0 Å². The molecule has 0 atom stereocenters. The number of hydrogen-bond acceptors (Lipinski definition) is 2. The van der Waals surface area contributed by atoms with Gasteiger partial charge < -0.3 is 0 Å². The van der Waals surface area contributed by atoms with E-state index in [9.17, 15) is 0 Å². The predicted molar refractivity (Wildman–Crippen MR) is 87.6 cm³/mol. The average molecular weight is 271 g/mol. The van der Waals surface area contributed by atoms with Gasteiger partial charge in [-0.2, -0.15) is 0 Å². The van der Waals surface area contributed by atoms with Crippen LogP contribution in [0.2, 0.25) is 0 Å². The summed E-state index contributed by atoms with van der Waals surface area (Å²) in [6, 6.07) is 0. The quantitative estimate of drug-likeness (QED) is 0.558. The lowest BCUT2D eigenvalue weighted by atomic mass is 10.1. The van der Waals surface area contributed by atoms with Gasteiger partial charge in [-0.15, -0.1) is 0 Å². The van der Waals surface area contributed by atoms with Crippen molar-refractivity contribution in [2.24, 2.45) is 0 Å². The van der Waals surface area contributed by atoms with Gasteiger partial charge in [-0.05, 0) is 20.0 Å². The molecule has 0 aliphatic carbocycles. The van der Waals surface area contributed by atoms with E-state index in [4.69, 9.17) is 0 Å². The van der Waals surface area contributed by atoms with Gasteiger partial charge in [0.05, 0.1) is 6.67 Å². The Labute approximate surface area is 122 Å². The summed E-state index contributed by atoms with van der Waals surface area (Å²) < 4.78 is 0. The molecule has 1 saturated heterocycles. The zero-order valence-electron chi connectivity index (χ0n) is 14.1. The second kappa shape index (κ2) is 14.3. The van der Waals surface area contributed by atoms with Crippen molar-refractivity contribution in [3.63, 3.8) is 0 Å². The SMILES string of the molecule is CCC.CCCCCCCCCCN1CCN(C)C1. The van der Waals surface area contributed by atoms with Gasteiger partial charge >= 0.3 is 0 Å². The van der Waals surface area contributed by atoms with Crippen LogP contribution in [0.5, 0.6) is 0 Å². The van der Waals surface area contributed by atoms with Crippen LogP contribution in [0.3, 0.4) is 0 Å². The minimum Gasteiger partial charge on any atom is -0.292 e. The summed E-state index contributed by atoms with van der Waals surface area (Å²) in [4.78, 5) is 4.99. The van der Waals surface area contributed by atoms with Crippen molar-refractivity contribution >= 4 is 0 Å². The summed E-state index contributed by atoms with van der Waals surface area (Å²) in [5, 5.41) is 0. The monoisotopic (exact) mass is 270 g/mol. The molecule has 0 spiro atoms. The number of hydrogen-bond donors (Lipinski definition) is 0. The smallest absolute Gasteiger partial charge is 0.0504 e. The van der Waals surface area contributed by atoms with Crippen molar-refractivity contribution < 1.29 is 0 Å². The summed E-state index contributed by atoms with van der Waals surface area (Å²) >= 11 is 0. The molecule has 1 aliphatic heterocycles. The first-order valence-corrected chi connectivity index (χ1v) is 8.65. The summed E-state index contributed by atoms with van der Waals surface area (Å²) in [6.07, 6.45) is 12.7. The van der Waals surface area contributed by atoms with E-state index in [2.05, 4.69) is 37.6 Å². The molecule has 0 unspecified atom stereocenters. The first-order valence-electron chi connectivity index (χ1n) is 8.65. The molecule has 0 N–H and O–H groups in total. The molecule has 0 saturated carbocycles. The third-order valence-corrected chi connectivity index (χ3v) is 3.57. The standard InChI is InChI=1S/C14H30N2.C3H8/c1-3-4-5-6-7-8-9-10-11-16-13-12-15(2)14-16;1-3-2/h3-14H2,1-2H3;3H2,1-2H3. The van der Waals surface area contributed by atoms with Crippen molar-refractivity contribution in [3.05, 3.63) is 0 Å². The Balaban J connectivity index is 0.000000982. The minimum atomic E-state index is 1.19. The van der Waals surface area contributed by atoms with Crippen molar-refractivity contribution in [1.82, 2.24) is 9.80 Å². The molecule has 19 heavy (non-hydrogen) atoms. The Morgan fingerprint density at radius 1 is 0.737 bits per heavy atom. The fourth-order valence-electron chi connectivity index (χ4n) is 2.45. The van der Waals surface area contributed by atoms with Crippen LogP contribution in [0.25, 0.3) is 0 Å². The summed E-state index contributed by atoms with van der Waals surface area (Å²) in [7, 11) is 2.22. The highest BCUT2D eigenvalue weighted by Crippen LogP contribution is 2.10. The Bertz CT molecular complexity index is 171. The van der Waals surface area contributed by atoms with Gasteiger partial charge in [0.1, 0.15) is 0 Å². The second-order valence-corrected chi connectivity index (χ2v) is 6.02. The molecule has 2 nitrogen and oxygen atoms in total. The molecule has 2 heteroatoms. The third kappa shape index (κ3) is 12.7. The maximum Gasteiger partial charge on any atom is 0.0504 e. The Hall–Kier alpha value is -0.0800. The van der Waals surface area contributed by atoms with Crippen LogP contribution in [-0.4, -0.2) is 43.2 Å². The van der Waals surface area contributed by atoms with Crippen LogP contribution in [0.1, 0.15) is 78.6 Å². The van der Waals surface area contributed by atoms with Crippen molar-refractivity contribution in [2.75, 3.05) is 33.4 Å². The molecule has 0 radical (unpaired) electrons. The van der Waals surface area contributed by atoms with Crippen LogP contribution in [-0.2, 0) is 0 Å². The molecule has 0 bridgehead atoms. The van der Waals surface area contributed by atoms with Crippen LogP contribution < -0.4 is 0 Å². The molecule has 0 aromatic heterocycles. The zero-order valence-corrected chi connectivity index (χ0v) is 14.1. The lowest BCUT2D eigenvalue weighted by Crippen LogP contribution is -2.24. The van der Waals surface area contributed by atoms with E-state index in [1.54, 1.807) is 0 Å². The highest BCUT2D eigenvalue weighted by atomic mass is 15.4. The Morgan fingerprint density at radius 3 is 1.74 bits per heavy atom. The first-order chi connectivity index (χ1) is 9.24. The van der Waals surface area contributed by atoms with Gasteiger partial charge in [0, 0.05) is 13.1 Å². The van der Waals surface area contributed by atoms with Crippen LogP contribution in [0, 0.1) is 0 Å². The van der Waals surface area contributed by atoms with E-state index in [1.807, 2.05) is 0 Å². The predicted octanol–water partition coefficient (Wildman–Crippen LogP) is 4.75. The van der Waals surface area contributed by atoms with Gasteiger partial charge in [-0.25, -0.2) is 0 Å².